The van der Waals surface area contributed by atoms with Gasteiger partial charge in [0.05, 0.1) is 6.20 Å². The van der Waals surface area contributed by atoms with E-state index in [0.717, 1.165) is 5.82 Å². The highest BCUT2D eigenvalue weighted by Gasteiger charge is 2.08. The molecule has 0 unspecified atom stereocenters. The number of aryl methyl sites for hydroxylation is 1. The maximum atomic E-state index is 4.46. The zero-order valence-electron chi connectivity index (χ0n) is 8.34. The average Bonchev–Trinajstić information content (AvgIpc) is 2.84. The van der Waals surface area contributed by atoms with Gasteiger partial charge in [0.15, 0.2) is 0 Å². The number of hydrogen-bond donors (Lipinski definition) is 0. The van der Waals surface area contributed by atoms with Crippen molar-refractivity contribution in [3.8, 4) is 11.4 Å². The van der Waals surface area contributed by atoms with Gasteiger partial charge in [0.25, 0.3) is 0 Å². The standard InChI is InChI=1S/C12H10N2S/c1-9-8-15-11-7-13-12(14(9)11)10-5-3-2-4-6-10/h2-8H,1H3. The Kier molecular flexibility index (Phi) is 1.86. The largest absolute Gasteiger partial charge is 0.288 e. The second-order valence-electron chi connectivity index (χ2n) is 3.50. The maximum Gasteiger partial charge on any atom is 0.145 e. The topological polar surface area (TPSA) is 17.3 Å². The lowest BCUT2D eigenvalue weighted by Gasteiger charge is -1.99. The van der Waals surface area contributed by atoms with E-state index in [2.05, 4.69) is 33.8 Å². The number of hydrogen-bond acceptors (Lipinski definition) is 2. The van der Waals surface area contributed by atoms with Gasteiger partial charge in [0.1, 0.15) is 10.7 Å². The minimum absolute atomic E-state index is 1.03. The molecule has 0 saturated heterocycles. The van der Waals surface area contributed by atoms with Crippen molar-refractivity contribution in [2.45, 2.75) is 6.92 Å². The molecule has 2 heterocycles. The minimum Gasteiger partial charge on any atom is -0.288 e. The van der Waals surface area contributed by atoms with Gasteiger partial charge in [-0.25, -0.2) is 4.98 Å². The molecule has 0 amide bonds. The van der Waals surface area contributed by atoms with Gasteiger partial charge >= 0.3 is 0 Å². The molecule has 0 aliphatic carbocycles. The summed E-state index contributed by atoms with van der Waals surface area (Å²) in [6.45, 7) is 2.11. The van der Waals surface area contributed by atoms with Crippen LogP contribution in [0.3, 0.4) is 0 Å². The van der Waals surface area contributed by atoms with Crippen LogP contribution in [0.1, 0.15) is 5.69 Å². The van der Waals surface area contributed by atoms with Crippen LogP contribution < -0.4 is 0 Å². The van der Waals surface area contributed by atoms with Crippen LogP contribution >= 0.6 is 11.3 Å². The number of fused-ring (bicyclic) bond motifs is 1. The van der Waals surface area contributed by atoms with E-state index >= 15 is 0 Å². The monoisotopic (exact) mass is 214 g/mol. The molecule has 0 spiro atoms. The van der Waals surface area contributed by atoms with Gasteiger partial charge in [0.2, 0.25) is 0 Å². The molecule has 0 aliphatic rings. The van der Waals surface area contributed by atoms with E-state index in [9.17, 15) is 0 Å². The lowest BCUT2D eigenvalue weighted by molar-refractivity contribution is 1.11. The first-order valence-electron chi connectivity index (χ1n) is 4.83. The van der Waals surface area contributed by atoms with Crippen molar-refractivity contribution in [1.82, 2.24) is 9.38 Å². The summed E-state index contributed by atoms with van der Waals surface area (Å²) in [5.74, 6) is 1.03. The van der Waals surface area contributed by atoms with E-state index in [0.29, 0.717) is 0 Å². The Balaban J connectivity index is 2.31. The Labute approximate surface area is 91.8 Å². The van der Waals surface area contributed by atoms with Crippen LogP contribution in [0.2, 0.25) is 0 Å². The predicted molar refractivity (Wildman–Crippen MR) is 63.2 cm³/mol. The van der Waals surface area contributed by atoms with Crippen molar-refractivity contribution < 1.29 is 0 Å². The number of rotatable bonds is 1. The number of aromatic nitrogens is 2. The van der Waals surface area contributed by atoms with Gasteiger partial charge in [-0.05, 0) is 6.92 Å². The molecule has 0 radical (unpaired) electrons. The summed E-state index contributed by atoms with van der Waals surface area (Å²) in [5, 5.41) is 2.16. The highest BCUT2D eigenvalue weighted by molar-refractivity contribution is 7.15. The maximum absolute atomic E-state index is 4.46. The Morgan fingerprint density at radius 3 is 2.80 bits per heavy atom. The second-order valence-corrected chi connectivity index (χ2v) is 4.39. The molecule has 3 rings (SSSR count). The van der Waals surface area contributed by atoms with Crippen molar-refractivity contribution in [2.24, 2.45) is 0 Å². The highest BCUT2D eigenvalue weighted by atomic mass is 32.1. The molecule has 0 bridgehead atoms. The fourth-order valence-electron chi connectivity index (χ4n) is 1.75. The molecule has 74 valence electrons. The molecule has 0 fully saturated rings. The minimum atomic E-state index is 1.03. The van der Waals surface area contributed by atoms with Crippen LogP contribution in [0.15, 0.2) is 41.9 Å². The summed E-state index contributed by atoms with van der Waals surface area (Å²) < 4.78 is 2.19. The molecule has 3 heteroatoms. The number of imidazole rings is 1. The van der Waals surface area contributed by atoms with Gasteiger partial charge in [-0.15, -0.1) is 11.3 Å². The number of thiazole rings is 1. The van der Waals surface area contributed by atoms with Gasteiger partial charge < -0.3 is 0 Å². The molecule has 2 nitrogen and oxygen atoms in total. The Hall–Kier alpha value is -1.61. The molecule has 0 N–H and O–H groups in total. The number of benzene rings is 1. The summed E-state index contributed by atoms with van der Waals surface area (Å²) in [6, 6.07) is 10.3. The van der Waals surface area contributed by atoms with E-state index in [1.807, 2.05) is 24.4 Å². The smallest absolute Gasteiger partial charge is 0.145 e. The van der Waals surface area contributed by atoms with Crippen LogP contribution in [0, 0.1) is 6.92 Å². The van der Waals surface area contributed by atoms with Crippen LogP contribution in [0.4, 0.5) is 0 Å². The van der Waals surface area contributed by atoms with E-state index < -0.39 is 0 Å². The predicted octanol–water partition coefficient (Wildman–Crippen LogP) is 3.37. The third-order valence-corrected chi connectivity index (χ3v) is 3.45. The van der Waals surface area contributed by atoms with Gasteiger partial charge in [-0.3, -0.25) is 4.40 Å². The third kappa shape index (κ3) is 1.27. The van der Waals surface area contributed by atoms with Crippen molar-refractivity contribution in [1.29, 1.82) is 0 Å². The lowest BCUT2D eigenvalue weighted by atomic mass is 10.2. The lowest BCUT2D eigenvalue weighted by Crippen LogP contribution is -1.89. The molecular formula is C12H10N2S. The first-order chi connectivity index (χ1) is 7.36. The van der Waals surface area contributed by atoms with E-state index in [1.54, 1.807) is 11.3 Å². The van der Waals surface area contributed by atoms with Crippen molar-refractivity contribution in [2.75, 3.05) is 0 Å². The van der Waals surface area contributed by atoms with E-state index in [-0.39, 0.29) is 0 Å². The number of nitrogens with zero attached hydrogens (tertiary/aromatic N) is 2. The molecule has 3 aromatic rings. The molecule has 0 aliphatic heterocycles. The van der Waals surface area contributed by atoms with Crippen molar-refractivity contribution in [3.63, 3.8) is 0 Å². The first-order valence-corrected chi connectivity index (χ1v) is 5.71. The van der Waals surface area contributed by atoms with Gasteiger partial charge in [-0.1, -0.05) is 30.3 Å². The molecule has 0 saturated carbocycles. The Morgan fingerprint density at radius 2 is 2.00 bits per heavy atom. The highest BCUT2D eigenvalue weighted by Crippen LogP contribution is 2.24. The molecule has 15 heavy (non-hydrogen) atoms. The van der Waals surface area contributed by atoms with Crippen LogP contribution in [-0.4, -0.2) is 9.38 Å². The van der Waals surface area contributed by atoms with Crippen LogP contribution in [-0.2, 0) is 0 Å². The summed E-state index contributed by atoms with van der Waals surface area (Å²) in [6.07, 6.45) is 1.93. The van der Waals surface area contributed by atoms with E-state index in [1.165, 1.54) is 16.1 Å². The first kappa shape index (κ1) is 8.68. The van der Waals surface area contributed by atoms with Crippen molar-refractivity contribution >= 4 is 16.2 Å². The summed E-state index contributed by atoms with van der Waals surface area (Å²) >= 11 is 1.73. The molecular weight excluding hydrogens is 204 g/mol. The normalized spacial score (nSPS) is 11.0. The fourth-order valence-corrected chi connectivity index (χ4v) is 2.60. The Bertz CT molecular complexity index is 592. The van der Waals surface area contributed by atoms with Gasteiger partial charge in [0, 0.05) is 16.6 Å². The van der Waals surface area contributed by atoms with Gasteiger partial charge in [-0.2, -0.15) is 0 Å². The zero-order valence-corrected chi connectivity index (χ0v) is 9.16. The summed E-state index contributed by atoms with van der Waals surface area (Å²) in [4.78, 5) is 5.66. The SMILES string of the molecule is Cc1csc2cnc(-c3ccccc3)n12. The molecule has 1 aromatic carbocycles. The van der Waals surface area contributed by atoms with Crippen LogP contribution in [0.25, 0.3) is 16.2 Å². The van der Waals surface area contributed by atoms with E-state index in [4.69, 9.17) is 0 Å². The zero-order chi connectivity index (χ0) is 10.3. The third-order valence-electron chi connectivity index (χ3n) is 2.46. The summed E-state index contributed by atoms with van der Waals surface area (Å²) in [7, 11) is 0. The second kappa shape index (κ2) is 3.21. The quantitative estimate of drug-likeness (QED) is 0.607. The summed E-state index contributed by atoms with van der Waals surface area (Å²) in [5.41, 5.74) is 2.41. The molecule has 2 aromatic heterocycles. The average molecular weight is 214 g/mol. The molecule has 0 atom stereocenters. The fraction of sp³-hybridized carbons (Fsp3) is 0.0833. The van der Waals surface area contributed by atoms with Crippen LogP contribution in [0.5, 0.6) is 0 Å². The van der Waals surface area contributed by atoms with Crippen molar-refractivity contribution in [3.05, 3.63) is 47.6 Å². The Morgan fingerprint density at radius 1 is 1.20 bits per heavy atom.